The molecule has 0 bridgehead atoms. The second-order valence-electron chi connectivity index (χ2n) is 7.08. The van der Waals surface area contributed by atoms with Crippen LogP contribution in [0.5, 0.6) is 11.5 Å². The summed E-state index contributed by atoms with van der Waals surface area (Å²) in [6, 6.07) is 7.89. The number of halogens is 3. The zero-order chi connectivity index (χ0) is 26.9. The van der Waals surface area contributed by atoms with Gasteiger partial charge < -0.3 is 19.3 Å². The van der Waals surface area contributed by atoms with Crippen molar-refractivity contribution in [3.8, 4) is 28.1 Å². The lowest BCUT2D eigenvalue weighted by Crippen LogP contribution is -2.28. The molecule has 0 saturated heterocycles. The van der Waals surface area contributed by atoms with E-state index in [2.05, 4.69) is 4.98 Å². The van der Waals surface area contributed by atoms with E-state index in [1.54, 1.807) is 16.9 Å². The van der Waals surface area contributed by atoms with E-state index in [1.807, 2.05) is 0 Å². The maximum atomic E-state index is 13.3. The fourth-order valence-electron chi connectivity index (χ4n) is 3.09. The molecule has 1 atom stereocenters. The van der Waals surface area contributed by atoms with E-state index in [0.717, 1.165) is 12.3 Å². The predicted molar refractivity (Wildman–Crippen MR) is 122 cm³/mol. The smallest absolute Gasteiger partial charge is 0.417 e. The fourth-order valence-corrected chi connectivity index (χ4v) is 6.80. The molecule has 2 aromatic carbocycles. The van der Waals surface area contributed by atoms with Crippen molar-refractivity contribution in [2.45, 2.75) is 16.2 Å². The van der Waals surface area contributed by atoms with Gasteiger partial charge in [-0.1, -0.05) is 6.07 Å². The number of benzene rings is 2. The highest BCUT2D eigenvalue weighted by molar-refractivity contribution is 7.92. The number of sulfonamides is 1. The molecule has 0 aliphatic heterocycles. The van der Waals surface area contributed by atoms with Crippen molar-refractivity contribution in [2.75, 3.05) is 14.2 Å². The highest BCUT2D eigenvalue weighted by Gasteiger charge is 2.39. The van der Waals surface area contributed by atoms with Gasteiger partial charge in [0.2, 0.25) is 0 Å². The van der Waals surface area contributed by atoms with Gasteiger partial charge in [-0.15, -0.1) is 11.3 Å². The van der Waals surface area contributed by atoms with E-state index < -0.39 is 50.5 Å². The Morgan fingerprint density at radius 3 is 2.36 bits per heavy atom. The molecule has 0 spiro atoms. The minimum Gasteiger partial charge on any atom is -0.493 e. The van der Waals surface area contributed by atoms with Gasteiger partial charge in [0.1, 0.15) is 10.8 Å². The van der Waals surface area contributed by atoms with Gasteiger partial charge in [0.15, 0.2) is 15.7 Å². The Kier molecular flexibility index (Phi) is 7.80. The first-order chi connectivity index (χ1) is 16.7. The quantitative estimate of drug-likeness (QED) is 0.346. The molecular weight excluding hydrogens is 546 g/mol. The van der Waals surface area contributed by atoms with Crippen LogP contribution in [-0.2, 0) is 20.8 Å². The van der Waals surface area contributed by atoms with Crippen LogP contribution in [0.25, 0.3) is 10.6 Å². The molecule has 0 amide bonds. The molecule has 16 heteroatoms. The van der Waals surface area contributed by atoms with Crippen molar-refractivity contribution in [1.82, 2.24) is 9.71 Å². The lowest BCUT2D eigenvalue weighted by atomic mass is 10.0. The topological polar surface area (TPSA) is 159 Å². The minimum absolute atomic E-state index is 0.210. The molecule has 3 aromatic rings. The third-order valence-corrected chi connectivity index (χ3v) is 8.97. The van der Waals surface area contributed by atoms with Crippen molar-refractivity contribution in [1.29, 1.82) is 5.26 Å². The van der Waals surface area contributed by atoms with Crippen LogP contribution in [0.3, 0.4) is 0 Å². The summed E-state index contributed by atoms with van der Waals surface area (Å²) in [4.78, 5) is 23.5. The average Bonchev–Trinajstić information content (AvgIpc) is 3.32. The maximum absolute atomic E-state index is 13.3. The summed E-state index contributed by atoms with van der Waals surface area (Å²) in [5, 5.41) is 9.14. The van der Waals surface area contributed by atoms with Crippen molar-refractivity contribution < 1.29 is 45.4 Å². The van der Waals surface area contributed by atoms with Crippen LogP contribution in [0, 0.1) is 11.3 Å². The van der Waals surface area contributed by atoms with Gasteiger partial charge in [0.05, 0.1) is 37.6 Å². The van der Waals surface area contributed by atoms with Crippen LogP contribution in [0.1, 0.15) is 22.5 Å². The molecule has 3 N–H and O–H groups in total. The Bertz CT molecular complexity index is 1480. The Balaban J connectivity index is 2.00. The molecule has 3 rings (SSSR count). The van der Waals surface area contributed by atoms with Gasteiger partial charge in [-0.05, 0) is 35.9 Å². The van der Waals surface area contributed by atoms with Gasteiger partial charge in [-0.25, -0.2) is 13.4 Å². The number of alkyl halides is 3. The molecule has 1 heterocycles. The van der Waals surface area contributed by atoms with Crippen LogP contribution >= 0.6 is 18.9 Å². The predicted octanol–water partition coefficient (Wildman–Crippen LogP) is 3.87. The van der Waals surface area contributed by atoms with Gasteiger partial charge in [-0.3, -0.25) is 4.57 Å². The number of ether oxygens (including phenoxy) is 2. The first-order valence-corrected chi connectivity index (χ1v) is 13.6. The molecule has 192 valence electrons. The third kappa shape index (κ3) is 5.86. The third-order valence-electron chi connectivity index (χ3n) is 4.77. The number of methoxy groups -OCH3 is 2. The van der Waals surface area contributed by atoms with E-state index >= 15 is 0 Å². The molecule has 0 radical (unpaired) electrons. The Morgan fingerprint density at radius 2 is 1.81 bits per heavy atom. The van der Waals surface area contributed by atoms with Crippen molar-refractivity contribution in [3.05, 3.63) is 59.3 Å². The molecule has 1 aromatic heterocycles. The Hall–Kier alpha value is -2.99. The van der Waals surface area contributed by atoms with E-state index in [-0.39, 0.29) is 5.01 Å². The minimum atomic E-state index is -5.37. The summed E-state index contributed by atoms with van der Waals surface area (Å²) >= 11 is 0.653. The number of aromatic nitrogens is 1. The fraction of sp³-hybridized carbons (Fsp3) is 0.200. The lowest BCUT2D eigenvalue weighted by molar-refractivity contribution is -0.137. The zero-order valence-corrected chi connectivity index (χ0v) is 20.9. The van der Waals surface area contributed by atoms with Crippen LogP contribution < -0.4 is 14.2 Å². The standard InChI is InChI=1S/C20H17F3N3O7PS2/c1-32-15-6-5-12(8-16(15)33-2)19-25-10-17(35-19)36(30,31)26-18(34(27,28)29)11-3-4-13(9-24)14(7-11)20(21,22)23/h3-8,10,18,26H,1-2H3,(H2,27,28,29). The van der Waals surface area contributed by atoms with Crippen LogP contribution in [0.2, 0.25) is 0 Å². The Morgan fingerprint density at radius 1 is 1.14 bits per heavy atom. The average molecular weight is 563 g/mol. The molecule has 36 heavy (non-hydrogen) atoms. The SMILES string of the molecule is COc1ccc(-c2ncc(S(=O)(=O)NC(c3ccc(C#N)c(C(F)(F)F)c3)P(=O)(O)O)s2)cc1OC. The second-order valence-corrected chi connectivity index (χ2v) is 11.7. The number of rotatable bonds is 8. The highest BCUT2D eigenvalue weighted by Crippen LogP contribution is 2.51. The number of thiazole rings is 1. The first-order valence-electron chi connectivity index (χ1n) is 9.58. The van der Waals surface area contributed by atoms with E-state index in [9.17, 15) is 35.9 Å². The highest BCUT2D eigenvalue weighted by atomic mass is 32.2. The summed E-state index contributed by atoms with van der Waals surface area (Å²) in [6.07, 6.45) is -4.08. The molecule has 0 aliphatic carbocycles. The summed E-state index contributed by atoms with van der Waals surface area (Å²) in [7, 11) is -7.19. The maximum Gasteiger partial charge on any atom is 0.417 e. The number of nitriles is 1. The molecule has 0 saturated carbocycles. The number of hydrogen-bond acceptors (Lipinski definition) is 8. The molecular formula is C20H17F3N3O7PS2. The van der Waals surface area contributed by atoms with Gasteiger partial charge in [0, 0.05) is 5.56 Å². The van der Waals surface area contributed by atoms with Gasteiger partial charge in [0.25, 0.3) is 10.0 Å². The van der Waals surface area contributed by atoms with E-state index in [0.29, 0.717) is 40.5 Å². The molecule has 0 fully saturated rings. The van der Waals surface area contributed by atoms with Gasteiger partial charge in [-0.2, -0.15) is 23.2 Å². The number of hydrogen-bond donors (Lipinski definition) is 3. The van der Waals surface area contributed by atoms with Crippen LogP contribution in [-0.4, -0.2) is 37.4 Å². The summed E-state index contributed by atoms with van der Waals surface area (Å²) in [5.74, 6) is -1.60. The van der Waals surface area contributed by atoms with E-state index in [4.69, 9.17) is 14.7 Å². The van der Waals surface area contributed by atoms with Crippen molar-refractivity contribution in [2.24, 2.45) is 0 Å². The summed E-state index contributed by atoms with van der Waals surface area (Å²) < 4.78 is 89.6. The molecule has 1 unspecified atom stereocenters. The first kappa shape index (κ1) is 27.6. The zero-order valence-electron chi connectivity index (χ0n) is 18.3. The van der Waals surface area contributed by atoms with Crippen LogP contribution in [0.15, 0.2) is 46.8 Å². The normalized spacial score (nSPS) is 13.2. The van der Waals surface area contributed by atoms with Crippen molar-refractivity contribution in [3.63, 3.8) is 0 Å². The molecule has 10 nitrogen and oxygen atoms in total. The van der Waals surface area contributed by atoms with E-state index in [1.165, 1.54) is 26.4 Å². The number of nitrogens with one attached hydrogen (secondary N) is 1. The monoisotopic (exact) mass is 563 g/mol. The molecule has 0 aliphatic rings. The van der Waals surface area contributed by atoms with Gasteiger partial charge >= 0.3 is 13.8 Å². The van der Waals surface area contributed by atoms with Crippen LogP contribution in [0.4, 0.5) is 13.2 Å². The summed E-state index contributed by atoms with van der Waals surface area (Å²) in [5.41, 5.74) is -2.48. The largest absolute Gasteiger partial charge is 0.493 e. The Labute approximate surface area is 207 Å². The second kappa shape index (κ2) is 10.2. The van der Waals surface area contributed by atoms with Crippen molar-refractivity contribution >= 4 is 29.0 Å². The number of nitrogens with zero attached hydrogens (tertiary/aromatic N) is 2. The summed E-state index contributed by atoms with van der Waals surface area (Å²) in [6.45, 7) is 0. The lowest BCUT2D eigenvalue weighted by Gasteiger charge is -2.21.